The number of methoxy groups -OCH3 is 1. The Labute approximate surface area is 90.6 Å². The predicted octanol–water partition coefficient (Wildman–Crippen LogP) is 2.89. The summed E-state index contributed by atoms with van der Waals surface area (Å²) in [7, 11) is 1.54. The molecule has 15 heavy (non-hydrogen) atoms. The largest absolute Gasteiger partial charge is 0.504 e. The second-order valence-corrected chi connectivity index (χ2v) is 3.19. The number of rotatable bonds is 2. The van der Waals surface area contributed by atoms with E-state index in [2.05, 4.69) is 0 Å². The van der Waals surface area contributed by atoms with E-state index in [4.69, 9.17) is 9.47 Å². The smallest absolute Gasteiger partial charge is 0.160 e. The van der Waals surface area contributed by atoms with Crippen LogP contribution < -0.4 is 4.74 Å². The number of aromatic hydroxyl groups is 1. The van der Waals surface area contributed by atoms with Crippen LogP contribution in [0.15, 0.2) is 18.2 Å². The average Bonchev–Trinajstić information content (AvgIpc) is 2.99. The van der Waals surface area contributed by atoms with Crippen LogP contribution in [0.4, 0.5) is 0 Å². The normalized spacial score (nSPS) is 22.7. The Morgan fingerprint density at radius 3 is 2.40 bits per heavy atom. The van der Waals surface area contributed by atoms with Crippen LogP contribution in [0.1, 0.15) is 32.4 Å². The van der Waals surface area contributed by atoms with Gasteiger partial charge in [0, 0.05) is 0 Å². The molecule has 1 fully saturated rings. The van der Waals surface area contributed by atoms with Crippen molar-refractivity contribution in [2.45, 2.75) is 33.0 Å². The van der Waals surface area contributed by atoms with Crippen LogP contribution in [0.5, 0.6) is 11.5 Å². The van der Waals surface area contributed by atoms with Crippen molar-refractivity contribution in [2.75, 3.05) is 7.11 Å². The Morgan fingerprint density at radius 1 is 1.33 bits per heavy atom. The maximum Gasteiger partial charge on any atom is 0.160 e. The van der Waals surface area contributed by atoms with Crippen LogP contribution in [0.3, 0.4) is 0 Å². The number of phenols is 1. The Morgan fingerprint density at radius 2 is 1.93 bits per heavy atom. The standard InChI is InChI=1S/C10H12O3.C2H6/c1-6-10(13-6)7-3-4-8(11)9(5-7)12-2;1-2/h3-6,10-11H,1-2H3;1-2H3. The van der Waals surface area contributed by atoms with Gasteiger partial charge >= 0.3 is 0 Å². The average molecular weight is 210 g/mol. The predicted molar refractivity (Wildman–Crippen MR) is 59.3 cm³/mol. The van der Waals surface area contributed by atoms with Gasteiger partial charge in [-0.25, -0.2) is 0 Å². The molecule has 1 aromatic carbocycles. The summed E-state index contributed by atoms with van der Waals surface area (Å²) in [5, 5.41) is 9.34. The number of benzene rings is 1. The molecule has 1 saturated heterocycles. The maximum atomic E-state index is 9.34. The Kier molecular flexibility index (Phi) is 3.97. The van der Waals surface area contributed by atoms with E-state index in [1.807, 2.05) is 32.9 Å². The fourth-order valence-electron chi connectivity index (χ4n) is 1.41. The summed E-state index contributed by atoms with van der Waals surface area (Å²) in [6, 6.07) is 5.29. The molecule has 84 valence electrons. The van der Waals surface area contributed by atoms with Gasteiger partial charge in [0.25, 0.3) is 0 Å². The van der Waals surface area contributed by atoms with E-state index in [1.165, 1.54) is 7.11 Å². The van der Waals surface area contributed by atoms with E-state index in [-0.39, 0.29) is 18.0 Å². The van der Waals surface area contributed by atoms with E-state index in [1.54, 1.807) is 6.07 Å². The highest BCUT2D eigenvalue weighted by Crippen LogP contribution is 2.40. The molecule has 0 saturated carbocycles. The quantitative estimate of drug-likeness (QED) is 0.763. The molecule has 0 spiro atoms. The fraction of sp³-hybridized carbons (Fsp3) is 0.500. The monoisotopic (exact) mass is 210 g/mol. The molecule has 2 atom stereocenters. The maximum absolute atomic E-state index is 9.34. The second kappa shape index (κ2) is 5.03. The Balaban J connectivity index is 0.000000531. The SMILES string of the molecule is CC.COc1cc(C2OC2C)ccc1O. The van der Waals surface area contributed by atoms with Crippen LogP contribution in [-0.4, -0.2) is 18.3 Å². The Hall–Kier alpha value is -1.22. The van der Waals surface area contributed by atoms with Gasteiger partial charge in [-0.2, -0.15) is 0 Å². The lowest BCUT2D eigenvalue weighted by atomic mass is 10.1. The molecule has 3 heteroatoms. The molecular weight excluding hydrogens is 192 g/mol. The minimum atomic E-state index is 0.166. The van der Waals surface area contributed by atoms with Crippen molar-refractivity contribution in [3.63, 3.8) is 0 Å². The third kappa shape index (κ3) is 2.63. The first-order chi connectivity index (χ1) is 7.22. The summed E-state index contributed by atoms with van der Waals surface area (Å²) >= 11 is 0. The van der Waals surface area contributed by atoms with Crippen LogP contribution in [-0.2, 0) is 4.74 Å². The van der Waals surface area contributed by atoms with Crippen molar-refractivity contribution in [3.8, 4) is 11.5 Å². The lowest BCUT2D eigenvalue weighted by Crippen LogP contribution is -1.88. The van der Waals surface area contributed by atoms with E-state index in [0.29, 0.717) is 5.75 Å². The fourth-order valence-corrected chi connectivity index (χ4v) is 1.41. The molecule has 1 aromatic rings. The lowest BCUT2D eigenvalue weighted by molar-refractivity contribution is 0.367. The molecule has 0 amide bonds. The molecule has 3 nitrogen and oxygen atoms in total. The third-order valence-electron chi connectivity index (χ3n) is 2.24. The summed E-state index contributed by atoms with van der Waals surface area (Å²) in [5.74, 6) is 0.666. The molecule has 0 bridgehead atoms. The van der Waals surface area contributed by atoms with Crippen molar-refractivity contribution in [1.82, 2.24) is 0 Å². The molecule has 2 unspecified atom stereocenters. The van der Waals surface area contributed by atoms with E-state index in [9.17, 15) is 5.11 Å². The topological polar surface area (TPSA) is 42.0 Å². The molecule has 1 heterocycles. The molecule has 1 aliphatic heterocycles. The van der Waals surface area contributed by atoms with Gasteiger partial charge in [-0.15, -0.1) is 0 Å². The van der Waals surface area contributed by atoms with Crippen molar-refractivity contribution >= 4 is 0 Å². The minimum Gasteiger partial charge on any atom is -0.504 e. The molecule has 0 aromatic heterocycles. The number of hydrogen-bond donors (Lipinski definition) is 1. The van der Waals surface area contributed by atoms with Gasteiger partial charge in [-0.3, -0.25) is 0 Å². The zero-order valence-corrected chi connectivity index (χ0v) is 9.65. The summed E-state index contributed by atoms with van der Waals surface area (Å²) < 4.78 is 10.3. The molecular formula is C12H18O3. The lowest BCUT2D eigenvalue weighted by Gasteiger charge is -2.04. The highest BCUT2D eigenvalue weighted by Gasteiger charge is 2.35. The summed E-state index contributed by atoms with van der Waals surface area (Å²) in [6.07, 6.45) is 0.462. The number of epoxide rings is 1. The van der Waals surface area contributed by atoms with Crippen LogP contribution in [0, 0.1) is 0 Å². The van der Waals surface area contributed by atoms with Crippen molar-refractivity contribution in [3.05, 3.63) is 23.8 Å². The van der Waals surface area contributed by atoms with Crippen LogP contribution in [0.2, 0.25) is 0 Å². The van der Waals surface area contributed by atoms with Gasteiger partial charge in [0.2, 0.25) is 0 Å². The van der Waals surface area contributed by atoms with Crippen LogP contribution >= 0.6 is 0 Å². The summed E-state index contributed by atoms with van der Waals surface area (Å²) in [5.41, 5.74) is 1.06. The highest BCUT2D eigenvalue weighted by atomic mass is 16.6. The number of ether oxygens (including phenoxy) is 2. The van der Waals surface area contributed by atoms with Crippen molar-refractivity contribution < 1.29 is 14.6 Å². The van der Waals surface area contributed by atoms with E-state index >= 15 is 0 Å². The van der Waals surface area contributed by atoms with Gasteiger partial charge in [0.1, 0.15) is 6.10 Å². The number of phenolic OH excluding ortho intramolecular Hbond substituents is 1. The van der Waals surface area contributed by atoms with Gasteiger partial charge in [0.05, 0.1) is 13.2 Å². The van der Waals surface area contributed by atoms with Crippen molar-refractivity contribution in [1.29, 1.82) is 0 Å². The molecule has 2 rings (SSSR count). The number of hydrogen-bond acceptors (Lipinski definition) is 3. The molecule has 0 aliphatic carbocycles. The molecule has 0 radical (unpaired) electrons. The highest BCUT2D eigenvalue weighted by molar-refractivity contribution is 5.43. The van der Waals surface area contributed by atoms with E-state index < -0.39 is 0 Å². The first-order valence-corrected chi connectivity index (χ1v) is 5.24. The van der Waals surface area contributed by atoms with Crippen molar-refractivity contribution in [2.24, 2.45) is 0 Å². The molecule has 1 N–H and O–H groups in total. The molecule has 1 aliphatic rings. The second-order valence-electron chi connectivity index (χ2n) is 3.19. The summed E-state index contributed by atoms with van der Waals surface area (Å²) in [4.78, 5) is 0. The first kappa shape index (κ1) is 11.9. The summed E-state index contributed by atoms with van der Waals surface area (Å²) in [6.45, 7) is 6.02. The zero-order valence-electron chi connectivity index (χ0n) is 9.65. The van der Waals surface area contributed by atoms with Gasteiger partial charge in [0.15, 0.2) is 11.5 Å². The first-order valence-electron chi connectivity index (χ1n) is 5.24. The van der Waals surface area contributed by atoms with Gasteiger partial charge in [-0.1, -0.05) is 19.9 Å². The Bertz CT molecular complexity index is 323. The van der Waals surface area contributed by atoms with Crippen LogP contribution in [0.25, 0.3) is 0 Å². The van der Waals surface area contributed by atoms with Gasteiger partial charge in [-0.05, 0) is 24.6 Å². The van der Waals surface area contributed by atoms with Gasteiger partial charge < -0.3 is 14.6 Å². The minimum absolute atomic E-state index is 0.166. The third-order valence-corrected chi connectivity index (χ3v) is 2.24. The zero-order chi connectivity index (χ0) is 11.4. The van der Waals surface area contributed by atoms with E-state index in [0.717, 1.165) is 5.56 Å².